The van der Waals surface area contributed by atoms with Crippen LogP contribution in [0.3, 0.4) is 0 Å². The van der Waals surface area contributed by atoms with Crippen LogP contribution in [-0.4, -0.2) is 39.1 Å². The van der Waals surface area contributed by atoms with E-state index in [2.05, 4.69) is 10.0 Å². The average molecular weight is 335 g/mol. The minimum Gasteiger partial charge on any atom is -0.374 e. The largest absolute Gasteiger partial charge is 0.374 e. The van der Waals surface area contributed by atoms with Crippen molar-refractivity contribution >= 4 is 32.0 Å². The number of hydrogen-bond acceptors (Lipinski definition) is 7. The van der Waals surface area contributed by atoms with E-state index in [1.165, 1.54) is 7.05 Å². The van der Waals surface area contributed by atoms with Gasteiger partial charge in [0.05, 0.1) is 10.5 Å². The SMILES string of the molecule is CNc1sc(S(=O)(=O)NCC2(C)CCCO2)cc1[N+](=O)[O-]. The van der Waals surface area contributed by atoms with Crippen molar-refractivity contribution in [3.8, 4) is 0 Å². The summed E-state index contributed by atoms with van der Waals surface area (Å²) in [6, 6.07) is 1.07. The molecule has 0 aliphatic carbocycles. The molecule has 1 fully saturated rings. The van der Waals surface area contributed by atoms with E-state index >= 15 is 0 Å². The van der Waals surface area contributed by atoms with Crippen LogP contribution >= 0.6 is 11.3 Å². The lowest BCUT2D eigenvalue weighted by atomic mass is 10.0. The Hall–Kier alpha value is -1.23. The molecule has 0 spiro atoms. The van der Waals surface area contributed by atoms with E-state index in [-0.39, 0.29) is 21.4 Å². The van der Waals surface area contributed by atoms with E-state index in [0.717, 1.165) is 30.2 Å². The monoisotopic (exact) mass is 335 g/mol. The number of nitrogens with one attached hydrogen (secondary N) is 2. The molecule has 1 aliphatic heterocycles. The molecule has 0 bridgehead atoms. The van der Waals surface area contributed by atoms with E-state index in [4.69, 9.17) is 4.74 Å². The van der Waals surface area contributed by atoms with Gasteiger partial charge in [-0.1, -0.05) is 11.3 Å². The highest BCUT2D eigenvalue weighted by Crippen LogP contribution is 2.36. The van der Waals surface area contributed by atoms with E-state index in [1.54, 1.807) is 0 Å². The molecule has 1 aliphatic rings. The van der Waals surface area contributed by atoms with Gasteiger partial charge in [-0.3, -0.25) is 10.1 Å². The fraction of sp³-hybridized carbons (Fsp3) is 0.636. The first-order valence-corrected chi connectivity index (χ1v) is 8.67. The predicted octanol–water partition coefficient (Wildman–Crippen LogP) is 1.55. The third kappa shape index (κ3) is 3.51. The average Bonchev–Trinajstić information content (AvgIpc) is 3.03. The van der Waals surface area contributed by atoms with Gasteiger partial charge in [-0.05, 0) is 19.8 Å². The summed E-state index contributed by atoms with van der Waals surface area (Å²) >= 11 is 0.832. The van der Waals surface area contributed by atoms with Gasteiger partial charge in [0, 0.05) is 26.3 Å². The molecule has 1 aromatic rings. The van der Waals surface area contributed by atoms with Crippen molar-refractivity contribution in [2.24, 2.45) is 0 Å². The van der Waals surface area contributed by atoms with Crippen LogP contribution < -0.4 is 10.0 Å². The summed E-state index contributed by atoms with van der Waals surface area (Å²) in [5.41, 5.74) is -0.756. The number of ether oxygens (including phenoxy) is 1. The molecule has 8 nitrogen and oxygen atoms in total. The third-order valence-corrected chi connectivity index (χ3v) is 6.33. The van der Waals surface area contributed by atoms with Crippen molar-refractivity contribution in [1.29, 1.82) is 0 Å². The molecular formula is C11H17N3O5S2. The molecule has 10 heteroatoms. The third-order valence-electron chi connectivity index (χ3n) is 3.32. The summed E-state index contributed by atoms with van der Waals surface area (Å²) in [6.07, 6.45) is 1.68. The van der Waals surface area contributed by atoms with Crippen molar-refractivity contribution in [2.45, 2.75) is 29.6 Å². The number of thiophene rings is 1. The van der Waals surface area contributed by atoms with Crippen LogP contribution in [0.4, 0.5) is 10.7 Å². The molecule has 1 unspecified atom stereocenters. The van der Waals surface area contributed by atoms with Crippen molar-refractivity contribution in [3.63, 3.8) is 0 Å². The minimum atomic E-state index is -3.79. The molecule has 0 saturated carbocycles. The first-order valence-electron chi connectivity index (χ1n) is 6.37. The lowest BCUT2D eigenvalue weighted by Crippen LogP contribution is -2.39. The summed E-state index contributed by atoms with van der Waals surface area (Å²) < 4.78 is 32.4. The normalized spacial score (nSPS) is 22.4. The summed E-state index contributed by atoms with van der Waals surface area (Å²) in [4.78, 5) is 10.3. The van der Waals surface area contributed by atoms with Gasteiger partial charge in [0.15, 0.2) is 5.00 Å². The standard InChI is InChI=1S/C11H17N3O5S2/c1-11(4-3-5-19-11)7-13-21(17,18)9-6-8(14(15)16)10(12-2)20-9/h6,12-13H,3-5,7H2,1-2H3. The zero-order valence-electron chi connectivity index (χ0n) is 11.7. The van der Waals surface area contributed by atoms with Crippen LogP contribution in [0.2, 0.25) is 0 Å². The smallest absolute Gasteiger partial charge is 0.304 e. The number of rotatable bonds is 6. The molecule has 1 atom stereocenters. The van der Waals surface area contributed by atoms with Gasteiger partial charge in [-0.25, -0.2) is 13.1 Å². The van der Waals surface area contributed by atoms with Gasteiger partial charge in [-0.15, -0.1) is 0 Å². The maximum absolute atomic E-state index is 12.2. The van der Waals surface area contributed by atoms with Crippen LogP contribution in [-0.2, 0) is 14.8 Å². The lowest BCUT2D eigenvalue weighted by molar-refractivity contribution is -0.383. The molecule has 1 aromatic heterocycles. The second-order valence-electron chi connectivity index (χ2n) is 5.01. The van der Waals surface area contributed by atoms with Gasteiger partial charge in [0.2, 0.25) is 10.0 Å². The molecule has 0 amide bonds. The number of sulfonamides is 1. The van der Waals surface area contributed by atoms with Crippen molar-refractivity contribution < 1.29 is 18.1 Å². The second-order valence-corrected chi connectivity index (χ2v) is 8.06. The minimum absolute atomic E-state index is 0.0832. The van der Waals surface area contributed by atoms with Crippen molar-refractivity contribution in [3.05, 3.63) is 16.2 Å². The van der Waals surface area contributed by atoms with E-state index in [9.17, 15) is 18.5 Å². The summed E-state index contributed by atoms with van der Waals surface area (Å²) in [5.74, 6) is 0. The van der Waals surface area contributed by atoms with Crippen molar-refractivity contribution in [1.82, 2.24) is 4.72 Å². The molecule has 21 heavy (non-hydrogen) atoms. The Morgan fingerprint density at radius 3 is 2.76 bits per heavy atom. The van der Waals surface area contributed by atoms with Crippen LogP contribution in [0.25, 0.3) is 0 Å². The molecule has 0 aromatic carbocycles. The zero-order chi connectivity index (χ0) is 15.7. The number of anilines is 1. The van der Waals surface area contributed by atoms with E-state index < -0.39 is 20.5 Å². The Bertz CT molecular complexity index is 634. The predicted molar refractivity (Wildman–Crippen MR) is 79.3 cm³/mol. The second kappa shape index (κ2) is 5.87. The van der Waals surface area contributed by atoms with Crippen molar-refractivity contribution in [2.75, 3.05) is 25.5 Å². The zero-order valence-corrected chi connectivity index (χ0v) is 13.3. The maximum Gasteiger partial charge on any atom is 0.304 e. The van der Waals surface area contributed by atoms with Crippen LogP contribution in [0, 0.1) is 10.1 Å². The highest BCUT2D eigenvalue weighted by atomic mass is 32.2. The maximum atomic E-state index is 12.2. The van der Waals surface area contributed by atoms with Gasteiger partial charge >= 0.3 is 5.69 Å². The molecule has 118 valence electrons. The van der Waals surface area contributed by atoms with Gasteiger partial charge < -0.3 is 10.1 Å². The summed E-state index contributed by atoms with van der Waals surface area (Å²) in [5, 5.41) is 13.7. The summed E-state index contributed by atoms with van der Waals surface area (Å²) in [7, 11) is -2.28. The van der Waals surface area contributed by atoms with Gasteiger partial charge in [-0.2, -0.15) is 0 Å². The fourth-order valence-corrected chi connectivity index (χ4v) is 4.58. The Morgan fingerprint density at radius 1 is 1.57 bits per heavy atom. The Balaban J connectivity index is 2.17. The first kappa shape index (κ1) is 16.1. The highest BCUT2D eigenvalue weighted by molar-refractivity contribution is 7.91. The highest BCUT2D eigenvalue weighted by Gasteiger charge is 2.33. The fourth-order valence-electron chi connectivity index (χ4n) is 2.10. The number of nitrogens with zero attached hydrogens (tertiary/aromatic N) is 1. The molecule has 2 rings (SSSR count). The van der Waals surface area contributed by atoms with Gasteiger partial charge in [0.25, 0.3) is 0 Å². The summed E-state index contributed by atoms with van der Waals surface area (Å²) in [6.45, 7) is 2.61. The topological polar surface area (TPSA) is 111 Å². The number of nitro groups is 1. The van der Waals surface area contributed by atoms with Gasteiger partial charge in [0.1, 0.15) is 4.21 Å². The quantitative estimate of drug-likeness (QED) is 0.603. The van der Waals surface area contributed by atoms with E-state index in [0.29, 0.717) is 6.61 Å². The Morgan fingerprint density at radius 2 is 2.29 bits per heavy atom. The molecular weight excluding hydrogens is 318 g/mol. The molecule has 2 N–H and O–H groups in total. The molecule has 0 radical (unpaired) electrons. The lowest BCUT2D eigenvalue weighted by Gasteiger charge is -2.22. The molecule has 2 heterocycles. The van der Waals surface area contributed by atoms with Crippen LogP contribution in [0.15, 0.2) is 10.3 Å². The molecule has 1 saturated heterocycles. The van der Waals surface area contributed by atoms with Crippen LogP contribution in [0.1, 0.15) is 19.8 Å². The van der Waals surface area contributed by atoms with Crippen LogP contribution in [0.5, 0.6) is 0 Å². The number of hydrogen-bond donors (Lipinski definition) is 2. The Kier molecular flexibility index (Phi) is 4.51. The van der Waals surface area contributed by atoms with E-state index in [1.807, 2.05) is 6.92 Å². The Labute approximate surface area is 126 Å². The first-order chi connectivity index (χ1) is 9.77.